The molecule has 6 rings (SSSR count). The Hall–Kier alpha value is -6.40. The maximum atomic E-state index is 14.3. The predicted molar refractivity (Wildman–Crippen MR) is 341 cm³/mol. The molecule has 0 bridgehead atoms. The first-order valence-corrected chi connectivity index (χ1v) is 33.1. The van der Waals surface area contributed by atoms with Gasteiger partial charge in [-0.3, -0.25) is 19.6 Å². The lowest BCUT2D eigenvalue weighted by Crippen LogP contribution is -2.39. The number of nitrogens with one attached hydrogen (secondary N) is 2. The van der Waals surface area contributed by atoms with Crippen molar-refractivity contribution in [3.8, 4) is 34.0 Å². The van der Waals surface area contributed by atoms with Gasteiger partial charge in [-0.1, -0.05) is 217 Å². The fourth-order valence-corrected chi connectivity index (χ4v) is 13.4. The van der Waals surface area contributed by atoms with Crippen molar-refractivity contribution in [1.29, 1.82) is 0 Å². The Labute approximate surface area is 496 Å². The molecule has 6 aromatic rings. The predicted octanol–water partition coefficient (Wildman–Crippen LogP) is 16.0. The molecular formula is C66H95N7O8S2. The number of H-pyrrole nitrogens is 2. The van der Waals surface area contributed by atoms with E-state index < -0.39 is 31.5 Å². The van der Waals surface area contributed by atoms with Crippen LogP contribution in [0.15, 0.2) is 157 Å². The Bertz CT molecular complexity index is 3170. The average molecular weight is 1180 g/mol. The molecule has 83 heavy (non-hydrogen) atoms. The first-order chi connectivity index (χ1) is 39.9. The standard InChI is InChI=1S/C33H46N4O4S.C22H40N2O2S.C11H9NO2/c1-5-9-16-25(7-3)23-37(24-26(8-4)17-10-6-2)42(40,41)30-21-15-14-20-29(30)35-36-32-28(22-31(38)34-33(32)39)27-18-12-11-13-19-27;1-5-9-13-19(7-3)17-24(18-20(8-4)14-10-6-2)27(25,26)22-16-12-11-15-21(22)23;13-10-6-9(7-11(14)12-10)8-4-2-1-3-5-8/h11-15,18-22,25-26H,5-10,16-17,23-24H2,1-4H3,(H2,34,38,39);11-12,15-16,19-20H,5-10,13-14,17-18,23H2,1-4H3;1-7H,(H2,12,13,14). The van der Waals surface area contributed by atoms with E-state index in [1.54, 1.807) is 69.3 Å². The van der Waals surface area contributed by atoms with Crippen LogP contribution in [0.1, 0.15) is 158 Å². The van der Waals surface area contributed by atoms with Gasteiger partial charge in [0, 0.05) is 49.9 Å². The number of aromatic amines is 2. The number of nitrogen functional groups attached to an aromatic ring is 1. The largest absolute Gasteiger partial charge is 0.494 e. The summed E-state index contributed by atoms with van der Waals surface area (Å²) in [4.78, 5) is 28.2. The Balaban J connectivity index is 0.000000305. The van der Waals surface area contributed by atoms with Gasteiger partial charge in [0.05, 0.1) is 5.69 Å². The molecule has 0 aliphatic carbocycles. The van der Waals surface area contributed by atoms with Gasteiger partial charge in [0.15, 0.2) is 11.6 Å². The number of anilines is 1. The van der Waals surface area contributed by atoms with Crippen LogP contribution < -0.4 is 16.9 Å². The lowest BCUT2D eigenvalue weighted by molar-refractivity contribution is 0.270. The van der Waals surface area contributed by atoms with Crippen molar-refractivity contribution in [2.45, 2.75) is 168 Å². The van der Waals surface area contributed by atoms with Crippen molar-refractivity contribution in [2.75, 3.05) is 31.9 Å². The first-order valence-electron chi connectivity index (χ1n) is 30.3. The van der Waals surface area contributed by atoms with Crippen LogP contribution in [-0.4, -0.2) is 71.8 Å². The van der Waals surface area contributed by atoms with Gasteiger partial charge in [-0.25, -0.2) is 16.8 Å². The van der Waals surface area contributed by atoms with E-state index in [0.717, 1.165) is 108 Å². The minimum atomic E-state index is -3.92. The number of sulfonamides is 2. The summed E-state index contributed by atoms with van der Waals surface area (Å²) in [5.74, 6) is 0.779. The zero-order valence-corrected chi connectivity index (χ0v) is 52.2. The lowest BCUT2D eigenvalue weighted by atomic mass is 9.97. The molecule has 4 aromatic carbocycles. The maximum Gasteiger partial charge on any atom is 0.251 e. The van der Waals surface area contributed by atoms with Gasteiger partial charge in [0.2, 0.25) is 25.9 Å². The summed E-state index contributed by atoms with van der Waals surface area (Å²) in [6.45, 7) is 19.4. The van der Waals surface area contributed by atoms with E-state index in [2.05, 4.69) is 75.6 Å². The number of hydrogen-bond acceptors (Lipinski definition) is 11. The number of benzene rings is 4. The summed E-state index contributed by atoms with van der Waals surface area (Å²) in [6.07, 6.45) is 16.8. The second-order valence-electron chi connectivity index (χ2n) is 21.6. The molecule has 2 aromatic heterocycles. The number of azo groups is 1. The molecule has 0 aliphatic heterocycles. The van der Waals surface area contributed by atoms with Gasteiger partial charge in [-0.05, 0) is 90.3 Å². The summed E-state index contributed by atoms with van der Waals surface area (Å²) in [5.41, 5.74) is 8.51. The van der Waals surface area contributed by atoms with E-state index in [0.29, 0.717) is 60.4 Å². The Morgan fingerprint density at radius 2 is 0.867 bits per heavy atom. The zero-order valence-electron chi connectivity index (χ0n) is 50.6. The van der Waals surface area contributed by atoms with Crippen LogP contribution in [0.2, 0.25) is 0 Å². The molecule has 0 spiro atoms. The maximum absolute atomic E-state index is 14.3. The van der Waals surface area contributed by atoms with Gasteiger partial charge in [-0.15, -0.1) is 10.2 Å². The van der Waals surface area contributed by atoms with Crippen LogP contribution >= 0.6 is 0 Å². The zero-order chi connectivity index (χ0) is 60.8. The van der Waals surface area contributed by atoms with E-state index in [1.807, 2.05) is 48.5 Å². The summed E-state index contributed by atoms with van der Waals surface area (Å²) in [5, 5.41) is 28.4. The van der Waals surface area contributed by atoms with Gasteiger partial charge >= 0.3 is 0 Å². The second-order valence-corrected chi connectivity index (χ2v) is 25.4. The molecule has 17 heteroatoms. The number of rotatable bonds is 32. The van der Waals surface area contributed by atoms with Crippen molar-refractivity contribution >= 4 is 37.1 Å². The van der Waals surface area contributed by atoms with Crippen LogP contribution in [0.5, 0.6) is 11.8 Å². The van der Waals surface area contributed by atoms with Crippen LogP contribution in [0.25, 0.3) is 22.3 Å². The number of nitrogens with two attached hydrogens (primary N) is 1. The quantitative estimate of drug-likeness (QED) is 0.0199. The summed E-state index contributed by atoms with van der Waals surface area (Å²) < 4.78 is 59.0. The summed E-state index contributed by atoms with van der Waals surface area (Å²) in [6, 6.07) is 36.3. The van der Waals surface area contributed by atoms with Crippen molar-refractivity contribution < 1.29 is 27.0 Å². The molecule has 0 aliphatic rings. The third-order valence-corrected chi connectivity index (χ3v) is 19.1. The van der Waals surface area contributed by atoms with E-state index in [9.17, 15) is 36.6 Å². The smallest absolute Gasteiger partial charge is 0.251 e. The topological polar surface area (TPSA) is 232 Å². The van der Waals surface area contributed by atoms with Crippen molar-refractivity contribution in [3.05, 3.63) is 148 Å². The highest BCUT2D eigenvalue weighted by Crippen LogP contribution is 2.38. The first kappa shape index (κ1) is 69.1. The monoisotopic (exact) mass is 1180 g/mol. The Kier molecular flexibility index (Phi) is 30.3. The number of para-hydroxylation sites is 1. The third kappa shape index (κ3) is 21.9. The highest BCUT2D eigenvalue weighted by molar-refractivity contribution is 7.89. The van der Waals surface area contributed by atoms with Crippen LogP contribution in [0, 0.1) is 23.7 Å². The summed E-state index contributed by atoms with van der Waals surface area (Å²) >= 11 is 0. The van der Waals surface area contributed by atoms with Crippen LogP contribution in [0.4, 0.5) is 17.1 Å². The fourth-order valence-electron chi connectivity index (χ4n) is 10.0. The third-order valence-electron chi connectivity index (χ3n) is 15.3. The second kappa shape index (κ2) is 36.3. The molecule has 4 unspecified atom stereocenters. The van der Waals surface area contributed by atoms with Gasteiger partial charge < -0.3 is 15.9 Å². The number of aromatic nitrogens is 2. The molecule has 15 nitrogen and oxygen atoms in total. The molecule has 0 saturated heterocycles. The van der Waals surface area contributed by atoms with Crippen molar-refractivity contribution in [1.82, 2.24) is 18.6 Å². The molecule has 6 N–H and O–H groups in total. The normalized spacial score (nSPS) is 13.2. The minimum absolute atomic E-state index is 0.0566. The van der Waals surface area contributed by atoms with Crippen molar-refractivity contribution in [3.63, 3.8) is 0 Å². The Morgan fingerprint density at radius 3 is 1.30 bits per heavy atom. The Morgan fingerprint density at radius 1 is 0.470 bits per heavy atom. The van der Waals surface area contributed by atoms with E-state index >= 15 is 0 Å². The molecule has 454 valence electrons. The van der Waals surface area contributed by atoms with Gasteiger partial charge in [0.1, 0.15) is 15.5 Å². The molecule has 4 atom stereocenters. The highest BCUT2D eigenvalue weighted by Gasteiger charge is 2.32. The average Bonchev–Trinajstić information content (AvgIpc) is 3.65. The minimum Gasteiger partial charge on any atom is -0.494 e. The van der Waals surface area contributed by atoms with E-state index in [4.69, 9.17) is 5.73 Å². The summed E-state index contributed by atoms with van der Waals surface area (Å²) in [7, 11) is -7.50. The highest BCUT2D eigenvalue weighted by atomic mass is 32.2. The molecular weight excluding hydrogens is 1080 g/mol. The number of pyridine rings is 2. The molecule has 0 amide bonds. The molecule has 0 fully saturated rings. The molecule has 2 heterocycles. The number of aromatic hydroxyl groups is 2. The lowest BCUT2D eigenvalue weighted by Gasteiger charge is -2.30. The van der Waals surface area contributed by atoms with Gasteiger partial charge in [0.25, 0.3) is 11.1 Å². The van der Waals surface area contributed by atoms with Gasteiger partial charge in [-0.2, -0.15) is 8.61 Å². The SMILES string of the molecule is CCCCC(CC)CN(CC(CC)CCCC)S(=O)(=O)c1ccccc1N.CCCCC(CC)CN(CC(CC)CCCC)S(=O)(=O)c1ccccc1N=Nc1c(-c2ccccc2)cc(=O)[nH]c1O.O=c1cc(-c2ccccc2)cc(O)[nH]1. The number of hydrogen-bond donors (Lipinski definition) is 5. The fraction of sp³-hybridized carbons (Fsp3) is 0.485. The van der Waals surface area contributed by atoms with Crippen LogP contribution in [-0.2, 0) is 20.0 Å². The molecule has 0 radical (unpaired) electrons. The number of unbranched alkanes of at least 4 members (excludes halogenated alkanes) is 4. The molecule has 0 saturated carbocycles. The van der Waals surface area contributed by atoms with E-state index in [-0.39, 0.29) is 44.4 Å². The number of nitrogens with zero attached hydrogens (tertiary/aromatic N) is 4. The van der Waals surface area contributed by atoms with Crippen molar-refractivity contribution in [2.24, 2.45) is 33.9 Å². The van der Waals surface area contributed by atoms with E-state index in [1.165, 1.54) is 18.2 Å². The van der Waals surface area contributed by atoms with Crippen LogP contribution in [0.3, 0.4) is 0 Å².